The number of anilines is 1. The first-order valence-corrected chi connectivity index (χ1v) is 7.94. The summed E-state index contributed by atoms with van der Waals surface area (Å²) >= 11 is 0. The predicted octanol–water partition coefficient (Wildman–Crippen LogP) is 3.35. The third kappa shape index (κ3) is 4.66. The van der Waals surface area contributed by atoms with E-state index in [0.717, 1.165) is 17.0 Å². The molecule has 0 radical (unpaired) electrons. The van der Waals surface area contributed by atoms with Crippen LogP contribution in [0.4, 0.5) is 24.8 Å². The van der Waals surface area contributed by atoms with Gasteiger partial charge in [0.25, 0.3) is 17.5 Å². The van der Waals surface area contributed by atoms with Gasteiger partial charge in [0.05, 0.1) is 10.6 Å². The second-order valence-electron chi connectivity index (χ2n) is 5.70. The Kier molecular flexibility index (Phi) is 5.17. The highest BCUT2D eigenvalue weighted by molar-refractivity contribution is 6.04. The van der Waals surface area contributed by atoms with Crippen molar-refractivity contribution < 1.29 is 27.6 Å². The Bertz CT molecular complexity index is 1030. The topological polar surface area (TPSA) is 103 Å². The molecule has 0 bridgehead atoms. The van der Waals surface area contributed by atoms with Gasteiger partial charge in [-0.15, -0.1) is 18.3 Å². The maximum Gasteiger partial charge on any atom is 0.573 e. The van der Waals surface area contributed by atoms with Crippen molar-refractivity contribution in [3.63, 3.8) is 0 Å². The van der Waals surface area contributed by atoms with Gasteiger partial charge in [0, 0.05) is 24.7 Å². The molecule has 3 aromatic rings. The predicted molar refractivity (Wildman–Crippen MR) is 93.9 cm³/mol. The fourth-order valence-electron chi connectivity index (χ4n) is 2.34. The fraction of sp³-hybridized carbons (Fsp3) is 0.118. The van der Waals surface area contributed by atoms with Crippen molar-refractivity contribution in [2.75, 3.05) is 11.9 Å². The van der Waals surface area contributed by atoms with E-state index in [1.807, 2.05) is 0 Å². The van der Waals surface area contributed by atoms with E-state index in [9.17, 15) is 28.1 Å². The normalized spacial score (nSPS) is 11.2. The number of halogens is 3. The van der Waals surface area contributed by atoms with Crippen LogP contribution in [0.15, 0.2) is 54.9 Å². The van der Waals surface area contributed by atoms with Crippen LogP contribution in [0.25, 0.3) is 5.69 Å². The Morgan fingerprint density at radius 3 is 2.31 bits per heavy atom. The lowest BCUT2D eigenvalue weighted by Crippen LogP contribution is -2.27. The monoisotopic (exact) mass is 407 g/mol. The highest BCUT2D eigenvalue weighted by Gasteiger charge is 2.31. The molecule has 0 atom stereocenters. The number of alkyl halides is 3. The lowest BCUT2D eigenvalue weighted by molar-refractivity contribution is -0.384. The van der Waals surface area contributed by atoms with Crippen LogP contribution in [0.1, 0.15) is 10.4 Å². The molecule has 0 saturated carbocycles. The fourth-order valence-corrected chi connectivity index (χ4v) is 2.34. The molecular weight excluding hydrogens is 395 g/mol. The van der Waals surface area contributed by atoms with Gasteiger partial charge in [-0.25, -0.2) is 4.68 Å². The largest absolute Gasteiger partial charge is 0.573 e. The maximum absolute atomic E-state index is 12.5. The molecule has 0 aliphatic carbocycles. The Hall–Kier alpha value is -3.96. The molecule has 1 aromatic heterocycles. The van der Waals surface area contributed by atoms with Crippen LogP contribution in [0.3, 0.4) is 0 Å². The molecule has 0 fully saturated rings. The Labute approximate surface area is 161 Å². The maximum atomic E-state index is 12.5. The summed E-state index contributed by atoms with van der Waals surface area (Å²) in [5.74, 6) is -0.845. The molecular formula is C17H12F3N5O4. The van der Waals surface area contributed by atoms with Crippen molar-refractivity contribution in [3.8, 4) is 11.4 Å². The molecule has 12 heteroatoms. The van der Waals surface area contributed by atoms with Gasteiger partial charge < -0.3 is 4.74 Å². The van der Waals surface area contributed by atoms with Gasteiger partial charge in [-0.2, -0.15) is 4.98 Å². The van der Waals surface area contributed by atoms with Crippen molar-refractivity contribution in [1.82, 2.24) is 14.8 Å². The summed E-state index contributed by atoms with van der Waals surface area (Å²) in [6, 6.07) is 9.97. The molecule has 29 heavy (non-hydrogen) atoms. The zero-order valence-electron chi connectivity index (χ0n) is 14.7. The zero-order chi connectivity index (χ0) is 21.2. The number of ether oxygens (including phenoxy) is 1. The summed E-state index contributed by atoms with van der Waals surface area (Å²) in [5, 5.41) is 14.8. The molecule has 3 rings (SSSR count). The van der Waals surface area contributed by atoms with Gasteiger partial charge in [-0.3, -0.25) is 19.8 Å². The number of nitrogens with zero attached hydrogens (tertiary/aromatic N) is 5. The first-order valence-electron chi connectivity index (χ1n) is 7.94. The number of hydrogen-bond acceptors (Lipinski definition) is 6. The summed E-state index contributed by atoms with van der Waals surface area (Å²) in [5.41, 5.74) is 0.446. The highest BCUT2D eigenvalue weighted by Crippen LogP contribution is 2.24. The number of nitro groups is 1. The van der Waals surface area contributed by atoms with Gasteiger partial charge in [-0.05, 0) is 36.4 Å². The Morgan fingerprint density at radius 1 is 1.14 bits per heavy atom. The van der Waals surface area contributed by atoms with E-state index >= 15 is 0 Å². The Balaban J connectivity index is 1.74. The standard InChI is InChI=1S/C17H12F3N5O4/c1-23(15(26)11-2-4-13(5-3-11)25(27)28)16-21-10-24(22-16)12-6-8-14(9-7-12)29-17(18,19)20/h2-10H,1H3. The second kappa shape index (κ2) is 7.58. The molecule has 2 aromatic carbocycles. The molecule has 9 nitrogen and oxygen atoms in total. The number of aromatic nitrogens is 3. The van der Waals surface area contributed by atoms with Crippen LogP contribution >= 0.6 is 0 Å². The minimum absolute atomic E-state index is 0.0315. The van der Waals surface area contributed by atoms with Crippen LogP contribution < -0.4 is 9.64 Å². The number of carbonyl (C=O) groups excluding carboxylic acids is 1. The van der Waals surface area contributed by atoms with Gasteiger partial charge in [0.15, 0.2) is 0 Å². The average molecular weight is 407 g/mol. The number of amides is 1. The van der Waals surface area contributed by atoms with Crippen LogP contribution in [0.2, 0.25) is 0 Å². The molecule has 0 aliphatic rings. The molecule has 0 unspecified atom stereocenters. The number of benzene rings is 2. The molecule has 1 amide bonds. The minimum atomic E-state index is -4.79. The summed E-state index contributed by atoms with van der Waals surface area (Å²) in [6.07, 6.45) is -3.50. The SMILES string of the molecule is CN(C(=O)c1ccc([N+](=O)[O-])cc1)c1ncn(-c2ccc(OC(F)(F)F)cc2)n1. The van der Waals surface area contributed by atoms with Gasteiger partial charge in [0.1, 0.15) is 12.1 Å². The zero-order valence-corrected chi connectivity index (χ0v) is 14.7. The first-order chi connectivity index (χ1) is 13.6. The average Bonchev–Trinajstić information content (AvgIpc) is 3.16. The summed E-state index contributed by atoms with van der Waals surface area (Å²) < 4.78 is 41.7. The summed E-state index contributed by atoms with van der Waals surface area (Å²) in [4.78, 5) is 27.7. The van der Waals surface area contributed by atoms with Crippen LogP contribution in [-0.4, -0.2) is 39.0 Å². The molecule has 150 valence electrons. The van der Waals surface area contributed by atoms with E-state index in [-0.39, 0.29) is 22.9 Å². The van der Waals surface area contributed by atoms with Gasteiger partial charge in [-0.1, -0.05) is 0 Å². The van der Waals surface area contributed by atoms with Crippen molar-refractivity contribution in [3.05, 3.63) is 70.5 Å². The third-order valence-electron chi connectivity index (χ3n) is 3.74. The number of nitro benzene ring substituents is 1. The lowest BCUT2D eigenvalue weighted by atomic mass is 10.2. The number of non-ortho nitro benzene ring substituents is 1. The Morgan fingerprint density at radius 2 is 1.76 bits per heavy atom. The highest BCUT2D eigenvalue weighted by atomic mass is 19.4. The van der Waals surface area contributed by atoms with Crippen LogP contribution in [0.5, 0.6) is 5.75 Å². The first kappa shape index (κ1) is 19.8. The molecule has 0 spiro atoms. The van der Waals surface area contributed by atoms with E-state index < -0.39 is 17.2 Å². The summed E-state index contributed by atoms with van der Waals surface area (Å²) in [7, 11) is 1.42. The minimum Gasteiger partial charge on any atom is -0.406 e. The van der Waals surface area contributed by atoms with Crippen molar-refractivity contribution >= 4 is 17.5 Å². The van der Waals surface area contributed by atoms with Crippen LogP contribution in [0, 0.1) is 10.1 Å². The molecule has 1 heterocycles. The smallest absolute Gasteiger partial charge is 0.406 e. The number of hydrogen-bond donors (Lipinski definition) is 0. The van der Waals surface area contributed by atoms with E-state index in [1.54, 1.807) is 0 Å². The van der Waals surface area contributed by atoms with E-state index in [0.29, 0.717) is 5.69 Å². The second-order valence-corrected chi connectivity index (χ2v) is 5.70. The third-order valence-corrected chi connectivity index (χ3v) is 3.74. The van der Waals surface area contributed by atoms with Crippen molar-refractivity contribution in [2.24, 2.45) is 0 Å². The van der Waals surface area contributed by atoms with Crippen LogP contribution in [-0.2, 0) is 0 Å². The quantitative estimate of drug-likeness (QED) is 0.475. The lowest BCUT2D eigenvalue weighted by Gasteiger charge is -2.12. The number of carbonyl (C=O) groups is 1. The van der Waals surface area contributed by atoms with Crippen molar-refractivity contribution in [2.45, 2.75) is 6.36 Å². The van der Waals surface area contributed by atoms with Gasteiger partial charge in [0.2, 0.25) is 0 Å². The summed E-state index contributed by atoms with van der Waals surface area (Å²) in [6.45, 7) is 0. The van der Waals surface area contributed by atoms with E-state index in [4.69, 9.17) is 0 Å². The van der Waals surface area contributed by atoms with E-state index in [1.165, 1.54) is 54.5 Å². The van der Waals surface area contributed by atoms with Gasteiger partial charge >= 0.3 is 6.36 Å². The number of rotatable bonds is 5. The van der Waals surface area contributed by atoms with Crippen molar-refractivity contribution in [1.29, 1.82) is 0 Å². The van der Waals surface area contributed by atoms with E-state index in [2.05, 4.69) is 14.8 Å². The molecule has 0 aliphatic heterocycles. The molecule has 0 saturated heterocycles. The molecule has 0 N–H and O–H groups in total.